The fourth-order valence-corrected chi connectivity index (χ4v) is 6.63. The maximum atomic E-state index is 13.2. The van der Waals surface area contributed by atoms with Crippen molar-refractivity contribution in [2.75, 3.05) is 17.3 Å². The molecular weight excluding hydrogens is 446 g/mol. The Labute approximate surface area is 189 Å². The van der Waals surface area contributed by atoms with Crippen molar-refractivity contribution in [3.05, 3.63) is 66.1 Å². The summed E-state index contributed by atoms with van der Waals surface area (Å²) in [5.74, 6) is 0.933. The van der Waals surface area contributed by atoms with Gasteiger partial charge in [-0.3, -0.25) is 4.79 Å². The van der Waals surface area contributed by atoms with E-state index in [4.69, 9.17) is 4.42 Å². The summed E-state index contributed by atoms with van der Waals surface area (Å²) in [5.41, 5.74) is 3.30. The van der Waals surface area contributed by atoms with E-state index >= 15 is 0 Å². The van der Waals surface area contributed by atoms with Crippen molar-refractivity contribution in [2.45, 2.75) is 18.1 Å². The van der Waals surface area contributed by atoms with Gasteiger partial charge in [-0.1, -0.05) is 60.3 Å². The highest BCUT2D eigenvalue weighted by molar-refractivity contribution is 7.99. The van der Waals surface area contributed by atoms with Crippen molar-refractivity contribution < 1.29 is 17.6 Å². The molecule has 0 amide bonds. The lowest BCUT2D eigenvalue weighted by Gasteiger charge is -2.04. The molecule has 0 unspecified atom stereocenters. The number of para-hydroxylation sites is 1. The van der Waals surface area contributed by atoms with Crippen molar-refractivity contribution >= 4 is 38.3 Å². The highest BCUT2D eigenvalue weighted by Crippen LogP contribution is 2.32. The predicted octanol–water partition coefficient (Wildman–Crippen LogP) is 4.17. The fraction of sp³-hybridized carbons (Fsp3) is 0.261. The zero-order chi connectivity index (χ0) is 22.1. The maximum absolute atomic E-state index is 13.2. The van der Waals surface area contributed by atoms with Gasteiger partial charge in [0.25, 0.3) is 5.22 Å². The topological polar surface area (TPSA) is 106 Å². The van der Waals surface area contributed by atoms with Crippen molar-refractivity contribution in [3.63, 3.8) is 0 Å². The Morgan fingerprint density at radius 3 is 2.66 bits per heavy atom. The first-order chi connectivity index (χ1) is 15.5. The molecule has 1 fully saturated rings. The van der Waals surface area contributed by atoms with Crippen LogP contribution in [0.1, 0.15) is 22.7 Å². The van der Waals surface area contributed by atoms with Gasteiger partial charge in [-0.15, -0.1) is 10.2 Å². The van der Waals surface area contributed by atoms with Gasteiger partial charge in [0.2, 0.25) is 5.89 Å². The van der Waals surface area contributed by atoms with Crippen LogP contribution in [0, 0.1) is 5.92 Å². The first kappa shape index (κ1) is 21.0. The van der Waals surface area contributed by atoms with E-state index in [0.29, 0.717) is 29.5 Å². The number of sulfone groups is 1. The number of benzene rings is 2. The van der Waals surface area contributed by atoms with Crippen LogP contribution in [0.2, 0.25) is 0 Å². The van der Waals surface area contributed by atoms with Crippen LogP contribution < -0.4 is 0 Å². The van der Waals surface area contributed by atoms with Gasteiger partial charge in [-0.2, -0.15) is 0 Å². The summed E-state index contributed by atoms with van der Waals surface area (Å²) in [6, 6.07) is 17.5. The number of ketones is 1. The van der Waals surface area contributed by atoms with Gasteiger partial charge in [0.05, 0.1) is 28.5 Å². The molecule has 1 N–H and O–H groups in total. The van der Waals surface area contributed by atoms with Crippen molar-refractivity contribution in [3.8, 4) is 11.3 Å². The van der Waals surface area contributed by atoms with E-state index in [1.807, 2.05) is 54.6 Å². The average molecular weight is 468 g/mol. The van der Waals surface area contributed by atoms with Crippen LogP contribution in [-0.4, -0.2) is 46.6 Å². The smallest absolute Gasteiger partial charge is 0.277 e. The minimum Gasteiger partial charge on any atom is -0.416 e. The van der Waals surface area contributed by atoms with E-state index in [9.17, 15) is 13.2 Å². The lowest BCUT2D eigenvalue weighted by Crippen LogP contribution is -2.07. The number of fused-ring (bicyclic) bond motifs is 1. The number of hydrogen-bond donors (Lipinski definition) is 1. The molecule has 4 aromatic rings. The van der Waals surface area contributed by atoms with Crippen LogP contribution in [0.5, 0.6) is 0 Å². The Kier molecular flexibility index (Phi) is 5.60. The van der Waals surface area contributed by atoms with E-state index in [-0.39, 0.29) is 29.0 Å². The summed E-state index contributed by atoms with van der Waals surface area (Å²) in [6.45, 7) is 0. The second-order valence-electron chi connectivity index (χ2n) is 7.93. The van der Waals surface area contributed by atoms with Gasteiger partial charge >= 0.3 is 0 Å². The Hall–Kier alpha value is -2.91. The number of thioether (sulfide) groups is 1. The predicted molar refractivity (Wildman–Crippen MR) is 124 cm³/mol. The third kappa shape index (κ3) is 4.35. The molecule has 32 heavy (non-hydrogen) atoms. The lowest BCUT2D eigenvalue weighted by atomic mass is 10.0. The number of nitrogens with one attached hydrogen (secondary N) is 1. The molecular formula is C23H21N3O4S2. The average Bonchev–Trinajstić information content (AvgIpc) is 3.49. The largest absolute Gasteiger partial charge is 0.416 e. The second kappa shape index (κ2) is 8.55. The molecule has 1 aliphatic heterocycles. The Morgan fingerprint density at radius 2 is 1.88 bits per heavy atom. The van der Waals surface area contributed by atoms with Gasteiger partial charge in [-0.05, 0) is 24.0 Å². The molecule has 0 spiro atoms. The first-order valence-electron chi connectivity index (χ1n) is 10.3. The van der Waals surface area contributed by atoms with Crippen LogP contribution in [-0.2, 0) is 16.3 Å². The number of aromatic amines is 1. The molecule has 164 valence electrons. The lowest BCUT2D eigenvalue weighted by molar-refractivity contribution is 0.102. The van der Waals surface area contributed by atoms with Gasteiger partial charge in [-0.25, -0.2) is 8.42 Å². The Balaban J connectivity index is 1.32. The molecule has 5 rings (SSSR count). The van der Waals surface area contributed by atoms with E-state index in [0.717, 1.165) is 22.2 Å². The quantitative estimate of drug-likeness (QED) is 0.321. The zero-order valence-electron chi connectivity index (χ0n) is 17.2. The summed E-state index contributed by atoms with van der Waals surface area (Å²) in [5, 5.41) is 9.26. The molecule has 0 bridgehead atoms. The fourth-order valence-electron chi connectivity index (χ4n) is 4.11. The molecule has 9 heteroatoms. The highest BCUT2D eigenvalue weighted by Gasteiger charge is 2.29. The van der Waals surface area contributed by atoms with Crippen LogP contribution in [0.3, 0.4) is 0 Å². The number of Topliss-reactive ketones (excluding diaryl/α,β-unsaturated/α-hetero) is 1. The number of aromatic nitrogens is 3. The van der Waals surface area contributed by atoms with Gasteiger partial charge in [0.1, 0.15) is 0 Å². The van der Waals surface area contributed by atoms with E-state index in [1.54, 1.807) is 0 Å². The second-order valence-corrected chi connectivity index (χ2v) is 11.1. The molecule has 1 saturated heterocycles. The van der Waals surface area contributed by atoms with Gasteiger partial charge in [0.15, 0.2) is 15.6 Å². The molecule has 1 aliphatic rings. The number of carbonyl (C=O) groups is 1. The standard InChI is InChI=1S/C23H21N3O4S2/c27-19(13-31-23-26-25-20(30-23)12-15-10-11-32(28,29)14-15)21-17-8-4-5-9-18(17)24-22(21)16-6-2-1-3-7-16/h1-9,15,24H,10-14H2/t15-/m1/s1. The SMILES string of the molecule is O=C(CSc1nnc(C[C@H]2CCS(=O)(=O)C2)o1)c1c(-c2ccccc2)[nH]c2ccccc12. The van der Waals surface area contributed by atoms with Crippen molar-refractivity contribution in [1.82, 2.24) is 15.2 Å². The van der Waals surface area contributed by atoms with Crippen LogP contribution in [0.15, 0.2) is 64.2 Å². The number of rotatable bonds is 7. The van der Waals surface area contributed by atoms with E-state index in [2.05, 4.69) is 15.2 Å². The molecule has 2 aromatic heterocycles. The zero-order valence-corrected chi connectivity index (χ0v) is 18.8. The van der Waals surface area contributed by atoms with Crippen LogP contribution in [0.4, 0.5) is 0 Å². The van der Waals surface area contributed by atoms with E-state index in [1.165, 1.54) is 11.8 Å². The molecule has 0 radical (unpaired) electrons. The molecule has 0 aliphatic carbocycles. The van der Waals surface area contributed by atoms with Gasteiger partial charge < -0.3 is 9.40 Å². The van der Waals surface area contributed by atoms with Gasteiger partial charge in [0, 0.05) is 17.3 Å². The number of H-pyrrole nitrogens is 1. The summed E-state index contributed by atoms with van der Waals surface area (Å²) < 4.78 is 28.9. The third-order valence-electron chi connectivity index (χ3n) is 5.61. The number of hydrogen-bond acceptors (Lipinski definition) is 7. The maximum Gasteiger partial charge on any atom is 0.277 e. The first-order valence-corrected chi connectivity index (χ1v) is 13.1. The summed E-state index contributed by atoms with van der Waals surface area (Å²) in [4.78, 5) is 16.6. The molecule has 2 aromatic carbocycles. The third-order valence-corrected chi connectivity index (χ3v) is 8.27. The molecule has 0 saturated carbocycles. The van der Waals surface area contributed by atoms with Crippen molar-refractivity contribution in [1.29, 1.82) is 0 Å². The number of nitrogens with zero attached hydrogens (tertiary/aromatic N) is 2. The highest BCUT2D eigenvalue weighted by atomic mass is 32.2. The van der Waals surface area contributed by atoms with Crippen molar-refractivity contribution in [2.24, 2.45) is 5.92 Å². The molecule has 7 nitrogen and oxygen atoms in total. The normalized spacial score (nSPS) is 17.7. The van der Waals surface area contributed by atoms with E-state index < -0.39 is 9.84 Å². The summed E-state index contributed by atoms with van der Waals surface area (Å²) in [7, 11) is -2.94. The minimum absolute atomic E-state index is 0.0135. The number of carbonyl (C=O) groups excluding carboxylic acids is 1. The summed E-state index contributed by atoms with van der Waals surface area (Å²) in [6.07, 6.45) is 1.07. The molecule has 3 heterocycles. The summed E-state index contributed by atoms with van der Waals surface area (Å²) >= 11 is 1.20. The Morgan fingerprint density at radius 1 is 1.09 bits per heavy atom. The van der Waals surface area contributed by atoms with Crippen LogP contribution in [0.25, 0.3) is 22.2 Å². The van der Waals surface area contributed by atoms with Crippen LogP contribution >= 0.6 is 11.8 Å². The molecule has 1 atom stereocenters. The monoisotopic (exact) mass is 467 g/mol. The minimum atomic E-state index is -2.94. The Bertz CT molecular complexity index is 1380.